The van der Waals surface area contributed by atoms with Crippen molar-refractivity contribution in [2.75, 3.05) is 13.1 Å². The molecule has 154 valence electrons. The normalized spacial score (nSPS) is 25.9. The minimum atomic E-state index is -0.440. The zero-order chi connectivity index (χ0) is 20.7. The third kappa shape index (κ3) is 3.37. The van der Waals surface area contributed by atoms with Crippen molar-refractivity contribution < 1.29 is 9.90 Å². The Labute approximate surface area is 174 Å². The minimum Gasteiger partial charge on any atom is -0.391 e. The molecule has 1 saturated heterocycles. The second-order valence-electron chi connectivity index (χ2n) is 8.26. The van der Waals surface area contributed by atoms with Crippen LogP contribution in [0.15, 0.2) is 49.2 Å². The van der Waals surface area contributed by atoms with Gasteiger partial charge >= 0.3 is 0 Å². The summed E-state index contributed by atoms with van der Waals surface area (Å²) in [6, 6.07) is 5.58. The number of aromatic nitrogens is 5. The average molecular weight is 404 g/mol. The Kier molecular flexibility index (Phi) is 4.78. The maximum Gasteiger partial charge on any atom is 0.257 e. The van der Waals surface area contributed by atoms with Crippen molar-refractivity contribution >= 4 is 5.91 Å². The van der Waals surface area contributed by atoms with Crippen LogP contribution in [-0.4, -0.2) is 59.8 Å². The van der Waals surface area contributed by atoms with Crippen LogP contribution in [-0.2, 0) is 0 Å². The molecule has 3 aromatic heterocycles. The zero-order valence-electron chi connectivity index (χ0n) is 16.8. The van der Waals surface area contributed by atoms with E-state index in [9.17, 15) is 9.90 Å². The number of aliphatic hydroxyl groups is 1. The van der Waals surface area contributed by atoms with E-state index in [1.807, 2.05) is 40.9 Å². The molecule has 0 bridgehead atoms. The molecule has 8 heteroatoms. The number of hydrogen-bond acceptors (Lipinski definition) is 6. The zero-order valence-corrected chi connectivity index (χ0v) is 16.8. The van der Waals surface area contributed by atoms with Gasteiger partial charge in [-0.25, -0.2) is 9.97 Å². The number of nitrogens with zero attached hydrogens (tertiary/aromatic N) is 6. The molecule has 5 rings (SSSR count). The second kappa shape index (κ2) is 7.60. The van der Waals surface area contributed by atoms with Crippen LogP contribution >= 0.6 is 0 Å². The van der Waals surface area contributed by atoms with E-state index >= 15 is 0 Å². The van der Waals surface area contributed by atoms with Gasteiger partial charge < -0.3 is 10.0 Å². The van der Waals surface area contributed by atoms with Crippen molar-refractivity contribution in [3.8, 4) is 11.4 Å². The first-order valence-corrected chi connectivity index (χ1v) is 10.3. The quantitative estimate of drug-likeness (QED) is 0.718. The summed E-state index contributed by atoms with van der Waals surface area (Å²) in [5.74, 6) is 1.20. The molecule has 3 aromatic rings. The lowest BCUT2D eigenvalue weighted by Gasteiger charge is -2.35. The molecule has 0 radical (unpaired) electrons. The number of rotatable bonds is 3. The van der Waals surface area contributed by atoms with Crippen molar-refractivity contribution in [3.63, 3.8) is 0 Å². The molecule has 1 N–H and O–H groups in total. The van der Waals surface area contributed by atoms with Gasteiger partial charge in [-0.15, -0.1) is 0 Å². The summed E-state index contributed by atoms with van der Waals surface area (Å²) in [5.41, 5.74) is 2.02. The molecule has 30 heavy (non-hydrogen) atoms. The molecule has 2 aliphatic rings. The number of carbonyl (C=O) groups is 1. The molecular weight excluding hydrogens is 380 g/mol. The summed E-state index contributed by atoms with van der Waals surface area (Å²) in [4.78, 5) is 28.1. The summed E-state index contributed by atoms with van der Waals surface area (Å²) in [7, 11) is 0. The number of pyridine rings is 1. The van der Waals surface area contributed by atoms with Crippen molar-refractivity contribution in [3.05, 3.63) is 60.4 Å². The van der Waals surface area contributed by atoms with Gasteiger partial charge in [-0.2, -0.15) is 5.10 Å². The van der Waals surface area contributed by atoms with Crippen LogP contribution in [0.3, 0.4) is 0 Å². The summed E-state index contributed by atoms with van der Waals surface area (Å²) >= 11 is 0. The maximum absolute atomic E-state index is 13.2. The molecule has 2 fully saturated rings. The number of carbonyl (C=O) groups excluding carboxylic acids is 1. The molecule has 1 aliphatic carbocycles. The number of fused-ring (bicyclic) bond motifs is 1. The van der Waals surface area contributed by atoms with E-state index in [2.05, 4.69) is 20.1 Å². The predicted molar refractivity (Wildman–Crippen MR) is 109 cm³/mol. The van der Waals surface area contributed by atoms with E-state index in [4.69, 9.17) is 0 Å². The van der Waals surface area contributed by atoms with Gasteiger partial charge in [0.05, 0.1) is 23.4 Å². The number of aryl methyl sites for hydroxylation is 1. The molecule has 8 nitrogen and oxygen atoms in total. The summed E-state index contributed by atoms with van der Waals surface area (Å²) in [6.07, 6.45) is 9.75. The van der Waals surface area contributed by atoms with Crippen LogP contribution in [0.25, 0.3) is 11.4 Å². The van der Waals surface area contributed by atoms with Crippen molar-refractivity contribution in [1.82, 2.24) is 29.6 Å². The van der Waals surface area contributed by atoms with E-state index in [-0.39, 0.29) is 11.9 Å². The first-order valence-electron chi connectivity index (χ1n) is 10.3. The smallest absolute Gasteiger partial charge is 0.257 e. The molecule has 1 amide bonds. The third-order valence-corrected chi connectivity index (χ3v) is 6.39. The van der Waals surface area contributed by atoms with E-state index in [0.29, 0.717) is 48.4 Å². The lowest BCUT2D eigenvalue weighted by atomic mass is 9.77. The average Bonchev–Trinajstić information content (AvgIpc) is 3.43. The van der Waals surface area contributed by atoms with Crippen LogP contribution in [0, 0.1) is 18.8 Å². The van der Waals surface area contributed by atoms with Crippen LogP contribution < -0.4 is 0 Å². The maximum atomic E-state index is 13.2. The van der Waals surface area contributed by atoms with Gasteiger partial charge in [-0.1, -0.05) is 0 Å². The third-order valence-electron chi connectivity index (χ3n) is 6.39. The Morgan fingerprint density at radius 2 is 1.97 bits per heavy atom. The van der Waals surface area contributed by atoms with Gasteiger partial charge in [0.2, 0.25) is 0 Å². The van der Waals surface area contributed by atoms with E-state index in [1.165, 1.54) is 0 Å². The summed E-state index contributed by atoms with van der Waals surface area (Å²) < 4.78 is 1.85. The lowest BCUT2D eigenvalue weighted by Crippen LogP contribution is -2.36. The first-order chi connectivity index (χ1) is 14.6. The molecule has 0 unspecified atom stereocenters. The topological polar surface area (TPSA) is 97.0 Å². The van der Waals surface area contributed by atoms with E-state index < -0.39 is 6.10 Å². The second-order valence-corrected chi connectivity index (χ2v) is 8.26. The minimum absolute atomic E-state index is 0.0277. The summed E-state index contributed by atoms with van der Waals surface area (Å²) in [6.45, 7) is 3.20. The Hall–Kier alpha value is -3.13. The Morgan fingerprint density at radius 1 is 1.13 bits per heavy atom. The predicted octanol–water partition coefficient (Wildman–Crippen LogP) is 2.13. The largest absolute Gasteiger partial charge is 0.391 e. The SMILES string of the molecule is Cc1nc(-c2cccnc2)ncc1C(=O)N1C[C@H]2C[C@@H](n3cccn3)[C@H](O)C[C@H]2C1. The Morgan fingerprint density at radius 3 is 2.67 bits per heavy atom. The van der Waals surface area contributed by atoms with Gasteiger partial charge in [0.1, 0.15) is 0 Å². The van der Waals surface area contributed by atoms with Crippen molar-refractivity contribution in [2.24, 2.45) is 11.8 Å². The monoisotopic (exact) mass is 404 g/mol. The van der Waals surface area contributed by atoms with Crippen LogP contribution in [0.1, 0.15) is 34.9 Å². The number of likely N-dealkylation sites (tertiary alicyclic amines) is 1. The van der Waals surface area contributed by atoms with Gasteiger partial charge in [-0.3, -0.25) is 14.5 Å². The molecule has 1 aliphatic heterocycles. The van der Waals surface area contributed by atoms with Gasteiger partial charge in [0.15, 0.2) is 5.82 Å². The molecule has 0 aromatic carbocycles. The highest BCUT2D eigenvalue weighted by atomic mass is 16.3. The fourth-order valence-corrected chi connectivity index (χ4v) is 4.82. The molecule has 4 atom stereocenters. The van der Waals surface area contributed by atoms with Crippen LogP contribution in [0.2, 0.25) is 0 Å². The van der Waals surface area contributed by atoms with Crippen molar-refractivity contribution in [2.45, 2.75) is 31.9 Å². The fraction of sp³-hybridized carbons (Fsp3) is 0.409. The highest BCUT2D eigenvalue weighted by Crippen LogP contribution is 2.41. The lowest BCUT2D eigenvalue weighted by molar-refractivity contribution is 0.0306. The Balaban J connectivity index is 1.32. The molecule has 0 spiro atoms. The Bertz CT molecular complexity index is 1040. The summed E-state index contributed by atoms with van der Waals surface area (Å²) in [5, 5.41) is 14.9. The van der Waals surface area contributed by atoms with Gasteiger partial charge in [0.25, 0.3) is 5.91 Å². The number of hydrogen-bond donors (Lipinski definition) is 1. The fourth-order valence-electron chi connectivity index (χ4n) is 4.82. The van der Waals surface area contributed by atoms with E-state index in [1.54, 1.807) is 24.8 Å². The highest BCUT2D eigenvalue weighted by Gasteiger charge is 2.44. The number of aliphatic hydroxyl groups excluding tert-OH is 1. The first kappa shape index (κ1) is 18.9. The van der Waals surface area contributed by atoms with Gasteiger partial charge in [-0.05, 0) is 49.8 Å². The standard InChI is InChI=1S/C22H24N6O2/c1-14-18(11-24-21(26-14)15-4-2-5-23-10-15)22(30)27-12-16-8-19(28-7-3-6-25-28)20(29)9-17(16)13-27/h2-7,10-11,16-17,19-20,29H,8-9,12-13H2,1H3/t16-,17+,19-,20-/m1/s1. The highest BCUT2D eigenvalue weighted by molar-refractivity contribution is 5.95. The van der Waals surface area contributed by atoms with Crippen molar-refractivity contribution in [1.29, 1.82) is 0 Å². The van der Waals surface area contributed by atoms with Crippen LogP contribution in [0.5, 0.6) is 0 Å². The molecule has 4 heterocycles. The van der Waals surface area contributed by atoms with Crippen LogP contribution in [0.4, 0.5) is 0 Å². The molecule has 1 saturated carbocycles. The number of amides is 1. The van der Waals surface area contributed by atoms with Gasteiger partial charge in [0, 0.05) is 49.6 Å². The van der Waals surface area contributed by atoms with E-state index in [0.717, 1.165) is 12.0 Å². The molecular formula is C22H24N6O2.